The van der Waals surface area contributed by atoms with E-state index in [4.69, 9.17) is 0 Å². The van der Waals surface area contributed by atoms with Gasteiger partial charge in [0.25, 0.3) is 11.6 Å². The fourth-order valence-corrected chi connectivity index (χ4v) is 2.25. The number of amides is 1. The lowest BCUT2D eigenvalue weighted by Crippen LogP contribution is -2.18. The summed E-state index contributed by atoms with van der Waals surface area (Å²) in [5, 5.41) is 21.3. The first-order valence-corrected chi connectivity index (χ1v) is 7.73. The monoisotopic (exact) mass is 349 g/mol. The number of hydrazone groups is 1. The molecule has 26 heavy (non-hydrogen) atoms. The summed E-state index contributed by atoms with van der Waals surface area (Å²) in [5.74, 6) is -0.461. The van der Waals surface area contributed by atoms with Crippen LogP contribution in [0, 0.1) is 17.0 Å². The molecule has 3 rings (SSSR count). The molecule has 0 spiro atoms. The first-order chi connectivity index (χ1) is 12.5. The fraction of sp³-hybridized carbons (Fsp3) is 0.0556. The van der Waals surface area contributed by atoms with E-state index >= 15 is 0 Å². The molecule has 1 heterocycles. The maximum atomic E-state index is 12.1. The number of hydrogen-bond donors (Lipinski definition) is 2. The highest BCUT2D eigenvalue weighted by Gasteiger charge is 2.10. The van der Waals surface area contributed by atoms with Gasteiger partial charge in [-0.15, -0.1) is 0 Å². The molecule has 2 N–H and O–H groups in total. The lowest BCUT2D eigenvalue weighted by atomic mass is 10.1. The molecule has 0 radical (unpaired) electrons. The van der Waals surface area contributed by atoms with Gasteiger partial charge in [0.1, 0.15) is 5.69 Å². The first-order valence-electron chi connectivity index (χ1n) is 7.73. The molecule has 8 nitrogen and oxygen atoms in total. The molecule has 0 fully saturated rings. The standard InChI is InChI=1S/C18H15N5O3/c1-12-5-7-14(8-6-12)16-10-17(21-20-16)18(24)22-19-11-13-3-2-4-15(9-13)23(25)26/h2-11H,1H3,(H,20,21)(H,22,24)/b19-11-. The van der Waals surface area contributed by atoms with Crippen LogP contribution in [0.1, 0.15) is 21.6 Å². The molecule has 130 valence electrons. The van der Waals surface area contributed by atoms with Crippen molar-refractivity contribution in [3.63, 3.8) is 0 Å². The second-order valence-electron chi connectivity index (χ2n) is 5.58. The number of nitrogens with zero attached hydrogens (tertiary/aromatic N) is 3. The van der Waals surface area contributed by atoms with Crippen LogP contribution in [0.2, 0.25) is 0 Å². The van der Waals surface area contributed by atoms with Gasteiger partial charge in [0, 0.05) is 23.3 Å². The van der Waals surface area contributed by atoms with E-state index in [-0.39, 0.29) is 11.4 Å². The topological polar surface area (TPSA) is 113 Å². The Morgan fingerprint density at radius 2 is 2.00 bits per heavy atom. The number of H-pyrrole nitrogens is 1. The summed E-state index contributed by atoms with van der Waals surface area (Å²) >= 11 is 0. The molecule has 3 aromatic rings. The number of rotatable bonds is 5. The number of nitrogens with one attached hydrogen (secondary N) is 2. The van der Waals surface area contributed by atoms with Crippen LogP contribution in [0.5, 0.6) is 0 Å². The van der Waals surface area contributed by atoms with Crippen molar-refractivity contribution in [1.29, 1.82) is 0 Å². The Morgan fingerprint density at radius 3 is 2.73 bits per heavy atom. The van der Waals surface area contributed by atoms with Gasteiger partial charge in [-0.05, 0) is 13.0 Å². The van der Waals surface area contributed by atoms with Crippen LogP contribution in [0.4, 0.5) is 5.69 Å². The number of carbonyl (C=O) groups is 1. The summed E-state index contributed by atoms with van der Waals surface area (Å²) < 4.78 is 0. The van der Waals surface area contributed by atoms with Crippen molar-refractivity contribution in [3.05, 3.63) is 81.5 Å². The van der Waals surface area contributed by atoms with Crippen LogP contribution in [0.3, 0.4) is 0 Å². The van der Waals surface area contributed by atoms with E-state index in [9.17, 15) is 14.9 Å². The Balaban J connectivity index is 1.66. The Hall–Kier alpha value is -3.81. The van der Waals surface area contributed by atoms with Crippen molar-refractivity contribution in [2.24, 2.45) is 5.10 Å². The summed E-state index contributed by atoms with van der Waals surface area (Å²) in [4.78, 5) is 22.3. The normalized spacial score (nSPS) is 10.8. The average Bonchev–Trinajstić information content (AvgIpc) is 3.13. The smallest absolute Gasteiger partial charge is 0.272 e. The molecule has 0 bridgehead atoms. The minimum Gasteiger partial charge on any atom is -0.272 e. The Kier molecular flexibility index (Phi) is 4.84. The third kappa shape index (κ3) is 3.99. The van der Waals surface area contributed by atoms with E-state index in [1.165, 1.54) is 18.3 Å². The van der Waals surface area contributed by atoms with E-state index in [0.717, 1.165) is 11.1 Å². The molecule has 0 unspecified atom stereocenters. The highest BCUT2D eigenvalue weighted by Crippen LogP contribution is 2.18. The number of non-ortho nitro benzene ring substituents is 1. The number of nitro benzene ring substituents is 1. The SMILES string of the molecule is Cc1ccc(-c2cc(C(=O)N/N=C\c3cccc([N+](=O)[O-])c3)[nH]n2)cc1. The summed E-state index contributed by atoms with van der Waals surface area (Å²) in [5.41, 5.74) is 5.76. The van der Waals surface area contributed by atoms with E-state index in [0.29, 0.717) is 11.3 Å². The number of carbonyl (C=O) groups excluding carboxylic acids is 1. The summed E-state index contributed by atoms with van der Waals surface area (Å²) in [6.07, 6.45) is 1.34. The fourth-order valence-electron chi connectivity index (χ4n) is 2.25. The third-order valence-corrected chi connectivity index (χ3v) is 3.63. The van der Waals surface area contributed by atoms with Gasteiger partial charge < -0.3 is 0 Å². The molecule has 0 aliphatic rings. The zero-order valence-corrected chi connectivity index (χ0v) is 13.8. The van der Waals surface area contributed by atoms with E-state index < -0.39 is 10.8 Å². The molecule has 1 aromatic heterocycles. The predicted octanol–water partition coefficient (Wildman–Crippen LogP) is 3.06. The molecule has 0 saturated carbocycles. The Bertz CT molecular complexity index is 977. The van der Waals surface area contributed by atoms with Crippen LogP contribution in [0.25, 0.3) is 11.3 Å². The van der Waals surface area contributed by atoms with Crippen molar-refractivity contribution in [1.82, 2.24) is 15.6 Å². The largest absolute Gasteiger partial charge is 0.289 e. The lowest BCUT2D eigenvalue weighted by Gasteiger charge is -1.97. The van der Waals surface area contributed by atoms with Gasteiger partial charge in [-0.25, -0.2) is 5.43 Å². The summed E-state index contributed by atoms with van der Waals surface area (Å²) in [7, 11) is 0. The molecular weight excluding hydrogens is 334 g/mol. The van der Waals surface area contributed by atoms with Gasteiger partial charge in [0.05, 0.1) is 16.8 Å². The van der Waals surface area contributed by atoms with Gasteiger partial charge >= 0.3 is 0 Å². The second kappa shape index (κ2) is 7.39. The van der Waals surface area contributed by atoms with E-state index in [2.05, 4.69) is 20.7 Å². The molecule has 8 heteroatoms. The first kappa shape index (κ1) is 17.0. The van der Waals surface area contributed by atoms with Crippen molar-refractivity contribution >= 4 is 17.8 Å². The van der Waals surface area contributed by atoms with Crippen molar-refractivity contribution in [2.75, 3.05) is 0 Å². The number of benzene rings is 2. The number of hydrogen-bond acceptors (Lipinski definition) is 5. The number of nitro groups is 1. The highest BCUT2D eigenvalue weighted by molar-refractivity contribution is 5.94. The minimum absolute atomic E-state index is 0.0448. The maximum Gasteiger partial charge on any atom is 0.289 e. The molecule has 0 aliphatic heterocycles. The molecular formula is C18H15N5O3. The summed E-state index contributed by atoms with van der Waals surface area (Å²) in [6.45, 7) is 1.99. The van der Waals surface area contributed by atoms with Crippen LogP contribution in [0.15, 0.2) is 59.7 Å². The van der Waals surface area contributed by atoms with E-state index in [1.807, 2.05) is 31.2 Å². The van der Waals surface area contributed by atoms with Crippen molar-refractivity contribution in [2.45, 2.75) is 6.92 Å². The summed E-state index contributed by atoms with van der Waals surface area (Å²) in [6, 6.07) is 15.3. The van der Waals surface area contributed by atoms with Crippen LogP contribution < -0.4 is 5.43 Å². The van der Waals surface area contributed by atoms with Crippen LogP contribution >= 0.6 is 0 Å². The van der Waals surface area contributed by atoms with Gasteiger partial charge in [0.15, 0.2) is 0 Å². The Labute approximate surface area is 148 Å². The zero-order chi connectivity index (χ0) is 18.5. The molecule has 0 saturated heterocycles. The molecule has 0 atom stereocenters. The van der Waals surface area contributed by atoms with Gasteiger partial charge in [-0.3, -0.25) is 20.0 Å². The second-order valence-corrected chi connectivity index (χ2v) is 5.58. The van der Waals surface area contributed by atoms with Gasteiger partial charge in [-0.1, -0.05) is 42.0 Å². The Morgan fingerprint density at radius 1 is 1.23 bits per heavy atom. The number of aryl methyl sites for hydroxylation is 1. The van der Waals surface area contributed by atoms with Gasteiger partial charge in [-0.2, -0.15) is 10.2 Å². The molecule has 0 aliphatic carbocycles. The minimum atomic E-state index is -0.493. The number of aromatic nitrogens is 2. The van der Waals surface area contributed by atoms with Crippen LogP contribution in [-0.4, -0.2) is 27.2 Å². The van der Waals surface area contributed by atoms with Crippen LogP contribution in [-0.2, 0) is 0 Å². The highest BCUT2D eigenvalue weighted by atomic mass is 16.6. The third-order valence-electron chi connectivity index (χ3n) is 3.63. The quantitative estimate of drug-likeness (QED) is 0.418. The van der Waals surface area contributed by atoms with Crippen molar-refractivity contribution < 1.29 is 9.72 Å². The predicted molar refractivity (Wildman–Crippen MR) is 96.9 cm³/mol. The average molecular weight is 349 g/mol. The van der Waals surface area contributed by atoms with E-state index in [1.54, 1.807) is 18.2 Å². The van der Waals surface area contributed by atoms with Crippen molar-refractivity contribution in [3.8, 4) is 11.3 Å². The van der Waals surface area contributed by atoms with Gasteiger partial charge in [0.2, 0.25) is 0 Å². The number of aromatic amines is 1. The zero-order valence-electron chi connectivity index (χ0n) is 13.8. The molecule has 2 aromatic carbocycles. The lowest BCUT2D eigenvalue weighted by molar-refractivity contribution is -0.384. The molecule has 1 amide bonds. The maximum absolute atomic E-state index is 12.1.